The summed E-state index contributed by atoms with van der Waals surface area (Å²) in [6.07, 6.45) is 2.90. The fraction of sp³-hybridized carbons (Fsp3) is 1.00. The Kier molecular flexibility index (Phi) is 5.14. The molecule has 1 rings (SSSR count). The van der Waals surface area contributed by atoms with E-state index in [2.05, 4.69) is 30.9 Å². The molecule has 0 bridgehead atoms. The Morgan fingerprint density at radius 3 is 2.85 bits per heavy atom. The Morgan fingerprint density at radius 1 is 1.62 bits per heavy atom. The molecule has 0 amide bonds. The van der Waals surface area contributed by atoms with Crippen molar-refractivity contribution in [1.82, 2.24) is 5.32 Å². The number of ether oxygens (including phenoxy) is 1. The molecule has 13 heavy (non-hydrogen) atoms. The molecule has 0 saturated carbocycles. The Bertz CT molecular complexity index is 139. The minimum atomic E-state index is 0.458. The molecular weight excluding hydrogens is 182 g/mol. The molecule has 78 valence electrons. The van der Waals surface area contributed by atoms with Crippen LogP contribution in [0.5, 0.6) is 0 Å². The van der Waals surface area contributed by atoms with E-state index >= 15 is 0 Å². The molecule has 1 aliphatic rings. The van der Waals surface area contributed by atoms with Gasteiger partial charge in [0.05, 0.1) is 6.10 Å². The average molecular weight is 203 g/mol. The van der Waals surface area contributed by atoms with Crippen molar-refractivity contribution in [3.05, 3.63) is 0 Å². The highest BCUT2D eigenvalue weighted by Gasteiger charge is 2.24. The molecule has 3 unspecified atom stereocenters. The number of hydrogen-bond acceptors (Lipinski definition) is 3. The first kappa shape index (κ1) is 11.3. The molecule has 1 N–H and O–H groups in total. The fourth-order valence-electron chi connectivity index (χ4n) is 1.58. The first-order valence-electron chi connectivity index (χ1n) is 5.18. The Labute approximate surface area is 85.8 Å². The highest BCUT2D eigenvalue weighted by molar-refractivity contribution is 8.00. The van der Waals surface area contributed by atoms with Gasteiger partial charge in [0, 0.05) is 23.7 Å². The lowest BCUT2D eigenvalue weighted by molar-refractivity contribution is 0.127. The van der Waals surface area contributed by atoms with Crippen LogP contribution in [-0.2, 0) is 4.74 Å². The second-order valence-electron chi connectivity index (χ2n) is 3.63. The van der Waals surface area contributed by atoms with E-state index in [9.17, 15) is 0 Å². The van der Waals surface area contributed by atoms with Gasteiger partial charge in [-0.15, -0.1) is 0 Å². The third-order valence-corrected chi connectivity index (χ3v) is 4.36. The molecule has 2 nitrogen and oxygen atoms in total. The quantitative estimate of drug-likeness (QED) is 0.737. The summed E-state index contributed by atoms with van der Waals surface area (Å²) in [6, 6.07) is 0.665. The molecule has 0 radical (unpaired) electrons. The van der Waals surface area contributed by atoms with Crippen LogP contribution < -0.4 is 5.32 Å². The maximum Gasteiger partial charge on any atom is 0.0666 e. The van der Waals surface area contributed by atoms with Gasteiger partial charge in [0.25, 0.3) is 0 Å². The number of rotatable bonds is 5. The first-order valence-corrected chi connectivity index (χ1v) is 6.23. The van der Waals surface area contributed by atoms with Gasteiger partial charge in [0.15, 0.2) is 0 Å². The molecule has 1 heterocycles. The minimum absolute atomic E-state index is 0.458. The molecule has 0 aromatic rings. The monoisotopic (exact) mass is 203 g/mol. The fourth-order valence-corrected chi connectivity index (χ4v) is 3.07. The van der Waals surface area contributed by atoms with Crippen molar-refractivity contribution in [2.75, 3.05) is 19.4 Å². The van der Waals surface area contributed by atoms with Crippen molar-refractivity contribution in [3.8, 4) is 0 Å². The van der Waals surface area contributed by atoms with Crippen LogP contribution in [0.4, 0.5) is 0 Å². The zero-order valence-electron chi connectivity index (χ0n) is 8.88. The predicted octanol–water partition coefficient (Wildman–Crippen LogP) is 1.90. The van der Waals surface area contributed by atoms with E-state index < -0.39 is 0 Å². The number of nitrogens with one attached hydrogen (secondary N) is 1. The Hall–Kier alpha value is 0.270. The summed E-state index contributed by atoms with van der Waals surface area (Å²) in [5, 5.41) is 4.05. The van der Waals surface area contributed by atoms with Crippen LogP contribution in [0, 0.1) is 0 Å². The highest BCUT2D eigenvalue weighted by atomic mass is 32.2. The number of thioether (sulfide) groups is 1. The van der Waals surface area contributed by atoms with Gasteiger partial charge in [-0.1, -0.05) is 6.92 Å². The molecule has 0 spiro atoms. The van der Waals surface area contributed by atoms with E-state index in [-0.39, 0.29) is 0 Å². The van der Waals surface area contributed by atoms with E-state index in [1.165, 1.54) is 18.6 Å². The molecule has 3 atom stereocenters. The summed E-state index contributed by atoms with van der Waals surface area (Å²) in [4.78, 5) is 0. The van der Waals surface area contributed by atoms with E-state index in [1.807, 2.05) is 7.05 Å². The number of hydrogen-bond donors (Lipinski definition) is 1. The lowest BCUT2D eigenvalue weighted by atomic mass is 10.2. The Balaban J connectivity index is 2.17. The van der Waals surface area contributed by atoms with Crippen LogP contribution in [-0.4, -0.2) is 36.8 Å². The van der Waals surface area contributed by atoms with E-state index in [0.717, 1.165) is 11.9 Å². The highest BCUT2D eigenvalue weighted by Crippen LogP contribution is 2.26. The molecule has 3 heteroatoms. The molecule has 0 aromatic carbocycles. The summed E-state index contributed by atoms with van der Waals surface area (Å²) >= 11 is 2.06. The summed E-state index contributed by atoms with van der Waals surface area (Å²) in [5.41, 5.74) is 0. The van der Waals surface area contributed by atoms with Crippen molar-refractivity contribution in [3.63, 3.8) is 0 Å². The molecule has 0 aromatic heterocycles. The van der Waals surface area contributed by atoms with Gasteiger partial charge >= 0.3 is 0 Å². The predicted molar refractivity (Wildman–Crippen MR) is 59.4 cm³/mol. The van der Waals surface area contributed by atoms with Crippen LogP contribution in [0.3, 0.4) is 0 Å². The second kappa shape index (κ2) is 5.89. The maximum atomic E-state index is 5.52. The third-order valence-electron chi connectivity index (χ3n) is 2.72. The van der Waals surface area contributed by atoms with Gasteiger partial charge in [-0.3, -0.25) is 0 Å². The summed E-state index contributed by atoms with van der Waals surface area (Å²) in [5.74, 6) is 1.21. The normalized spacial score (nSPS) is 30.7. The standard InChI is InChI=1S/C10H21NOS/c1-4-9(11-3)7-13-10-5-6-12-8(10)2/h8-11H,4-7H2,1-3H3. The molecule has 0 aliphatic carbocycles. The lowest BCUT2D eigenvalue weighted by Crippen LogP contribution is -2.28. The van der Waals surface area contributed by atoms with Crippen LogP contribution in [0.2, 0.25) is 0 Å². The van der Waals surface area contributed by atoms with Crippen molar-refractivity contribution in [2.24, 2.45) is 0 Å². The lowest BCUT2D eigenvalue weighted by Gasteiger charge is -2.18. The third kappa shape index (κ3) is 3.49. The molecular formula is C10H21NOS. The molecule has 1 fully saturated rings. The summed E-state index contributed by atoms with van der Waals surface area (Å²) in [6.45, 7) is 5.37. The Morgan fingerprint density at radius 2 is 2.38 bits per heavy atom. The van der Waals surface area contributed by atoms with Crippen molar-refractivity contribution in [1.29, 1.82) is 0 Å². The second-order valence-corrected chi connectivity index (χ2v) is 4.90. The van der Waals surface area contributed by atoms with Gasteiger partial charge in [0.1, 0.15) is 0 Å². The van der Waals surface area contributed by atoms with Crippen molar-refractivity contribution >= 4 is 11.8 Å². The van der Waals surface area contributed by atoms with Gasteiger partial charge < -0.3 is 10.1 Å². The van der Waals surface area contributed by atoms with Gasteiger partial charge in [-0.05, 0) is 26.8 Å². The van der Waals surface area contributed by atoms with E-state index in [0.29, 0.717) is 12.1 Å². The van der Waals surface area contributed by atoms with Gasteiger partial charge in [0.2, 0.25) is 0 Å². The zero-order valence-corrected chi connectivity index (χ0v) is 9.69. The van der Waals surface area contributed by atoms with Crippen LogP contribution in [0.15, 0.2) is 0 Å². The smallest absolute Gasteiger partial charge is 0.0666 e. The largest absolute Gasteiger partial charge is 0.377 e. The van der Waals surface area contributed by atoms with Crippen LogP contribution in [0.25, 0.3) is 0 Å². The summed E-state index contributed by atoms with van der Waals surface area (Å²) in [7, 11) is 2.04. The summed E-state index contributed by atoms with van der Waals surface area (Å²) < 4.78 is 5.52. The molecule has 1 saturated heterocycles. The average Bonchev–Trinajstić information content (AvgIpc) is 2.54. The van der Waals surface area contributed by atoms with Crippen LogP contribution in [0.1, 0.15) is 26.7 Å². The van der Waals surface area contributed by atoms with Gasteiger partial charge in [-0.2, -0.15) is 11.8 Å². The molecule has 1 aliphatic heterocycles. The van der Waals surface area contributed by atoms with E-state index in [4.69, 9.17) is 4.74 Å². The SMILES string of the molecule is CCC(CSC1CCOC1C)NC. The van der Waals surface area contributed by atoms with E-state index in [1.54, 1.807) is 0 Å². The van der Waals surface area contributed by atoms with Crippen LogP contribution >= 0.6 is 11.8 Å². The maximum absolute atomic E-state index is 5.52. The van der Waals surface area contributed by atoms with Crippen molar-refractivity contribution in [2.45, 2.75) is 44.1 Å². The first-order chi connectivity index (χ1) is 6.27. The minimum Gasteiger partial charge on any atom is -0.377 e. The van der Waals surface area contributed by atoms with Crippen molar-refractivity contribution < 1.29 is 4.74 Å². The van der Waals surface area contributed by atoms with Gasteiger partial charge in [-0.25, -0.2) is 0 Å². The topological polar surface area (TPSA) is 21.3 Å². The zero-order chi connectivity index (χ0) is 9.68.